The Kier molecular flexibility index (Phi) is 5.02. The van der Waals surface area contributed by atoms with Gasteiger partial charge >= 0.3 is 5.56 Å². The van der Waals surface area contributed by atoms with Crippen LogP contribution >= 0.6 is 11.8 Å². The molecular formula is C23H19N5O3S. The zero-order chi connectivity index (χ0) is 22.2. The molecule has 0 saturated heterocycles. The van der Waals surface area contributed by atoms with E-state index in [-0.39, 0.29) is 22.7 Å². The average molecular weight is 446 g/mol. The van der Waals surface area contributed by atoms with Gasteiger partial charge in [-0.05, 0) is 25.1 Å². The molecular weight excluding hydrogens is 426 g/mol. The molecule has 1 N–H and O–H groups in total. The van der Waals surface area contributed by atoms with Crippen LogP contribution in [0.15, 0.2) is 70.9 Å². The minimum atomic E-state index is -0.307. The summed E-state index contributed by atoms with van der Waals surface area (Å²) >= 11 is 1.25. The van der Waals surface area contributed by atoms with Gasteiger partial charge < -0.3 is 9.72 Å². The lowest BCUT2D eigenvalue weighted by molar-refractivity contribution is 0.102. The van der Waals surface area contributed by atoms with Crippen LogP contribution < -0.4 is 10.3 Å². The number of fused-ring (bicyclic) bond motifs is 2. The van der Waals surface area contributed by atoms with Crippen LogP contribution in [-0.2, 0) is 0 Å². The molecule has 0 bridgehead atoms. The monoisotopic (exact) mass is 445 g/mol. The maximum Gasteiger partial charge on any atom is 0.300 e. The lowest BCUT2D eigenvalue weighted by Gasteiger charge is -2.08. The number of aryl methyl sites for hydroxylation is 1. The van der Waals surface area contributed by atoms with E-state index in [0.29, 0.717) is 22.2 Å². The zero-order valence-corrected chi connectivity index (χ0v) is 18.2. The van der Waals surface area contributed by atoms with Crippen molar-refractivity contribution in [1.82, 2.24) is 24.1 Å². The average Bonchev–Trinajstić information content (AvgIpc) is 3.38. The normalized spacial score (nSPS) is 11.3. The number of carbonyl (C=O) groups excluding carboxylic acids is 1. The van der Waals surface area contributed by atoms with Gasteiger partial charge in [0.15, 0.2) is 10.9 Å². The molecule has 2 aromatic carbocycles. The number of nitrogens with one attached hydrogen (secondary N) is 1. The van der Waals surface area contributed by atoms with E-state index < -0.39 is 0 Å². The van der Waals surface area contributed by atoms with Crippen molar-refractivity contribution in [2.75, 3.05) is 12.9 Å². The molecule has 0 aliphatic rings. The van der Waals surface area contributed by atoms with Gasteiger partial charge in [-0.15, -0.1) is 10.2 Å². The Balaban J connectivity index is 1.43. The highest BCUT2D eigenvalue weighted by Crippen LogP contribution is 2.25. The van der Waals surface area contributed by atoms with Crippen molar-refractivity contribution in [2.24, 2.45) is 0 Å². The number of carbonyl (C=O) groups is 1. The number of H-pyrrole nitrogens is 1. The third-order valence-electron chi connectivity index (χ3n) is 5.28. The summed E-state index contributed by atoms with van der Waals surface area (Å²) in [6.07, 6.45) is 3.38. The zero-order valence-electron chi connectivity index (χ0n) is 17.4. The van der Waals surface area contributed by atoms with Crippen molar-refractivity contribution in [3.63, 3.8) is 0 Å². The van der Waals surface area contributed by atoms with Gasteiger partial charge in [-0.1, -0.05) is 36.0 Å². The fourth-order valence-electron chi connectivity index (χ4n) is 3.77. The second kappa shape index (κ2) is 8.01. The molecule has 3 aromatic heterocycles. The van der Waals surface area contributed by atoms with Gasteiger partial charge in [-0.2, -0.15) is 0 Å². The fraction of sp³-hybridized carbons (Fsp3) is 0.130. The van der Waals surface area contributed by atoms with Gasteiger partial charge in [0.25, 0.3) is 0 Å². The summed E-state index contributed by atoms with van der Waals surface area (Å²) < 4.78 is 8.34. The number of para-hydroxylation sites is 1. The van der Waals surface area contributed by atoms with Gasteiger partial charge in [-0.3, -0.25) is 18.6 Å². The summed E-state index contributed by atoms with van der Waals surface area (Å²) in [6, 6.07) is 14.9. The van der Waals surface area contributed by atoms with Crippen LogP contribution in [0.2, 0.25) is 0 Å². The molecule has 0 fully saturated rings. The molecule has 0 amide bonds. The number of rotatable bonds is 6. The number of ketones is 1. The quantitative estimate of drug-likeness (QED) is 0.317. The van der Waals surface area contributed by atoms with Crippen LogP contribution in [0.1, 0.15) is 16.1 Å². The third-order valence-corrected chi connectivity index (χ3v) is 6.22. The number of benzene rings is 2. The number of hydrogen-bond acceptors (Lipinski definition) is 6. The highest BCUT2D eigenvalue weighted by atomic mass is 32.2. The Hall–Kier alpha value is -3.85. The number of aromatic amines is 1. The van der Waals surface area contributed by atoms with E-state index in [4.69, 9.17) is 4.74 Å². The van der Waals surface area contributed by atoms with E-state index in [1.165, 1.54) is 16.3 Å². The van der Waals surface area contributed by atoms with Gasteiger partial charge in [-0.25, -0.2) is 0 Å². The van der Waals surface area contributed by atoms with E-state index in [0.717, 1.165) is 16.6 Å². The van der Waals surface area contributed by atoms with Crippen LogP contribution in [0.3, 0.4) is 0 Å². The molecule has 0 saturated carbocycles. The molecule has 8 nitrogen and oxygen atoms in total. The number of ether oxygens (including phenoxy) is 1. The number of thioether (sulfide) groups is 1. The molecule has 0 aliphatic heterocycles. The maximum atomic E-state index is 13.0. The molecule has 32 heavy (non-hydrogen) atoms. The van der Waals surface area contributed by atoms with Gasteiger partial charge in [0, 0.05) is 40.6 Å². The Bertz CT molecular complexity index is 1530. The predicted molar refractivity (Wildman–Crippen MR) is 123 cm³/mol. The number of hydrogen-bond donors (Lipinski definition) is 1. The Morgan fingerprint density at radius 1 is 1.12 bits per heavy atom. The first-order chi connectivity index (χ1) is 15.6. The largest absolute Gasteiger partial charge is 0.497 e. The Morgan fingerprint density at radius 3 is 2.81 bits per heavy atom. The van der Waals surface area contributed by atoms with Crippen LogP contribution in [0.25, 0.3) is 22.2 Å². The third kappa shape index (κ3) is 3.36. The van der Waals surface area contributed by atoms with E-state index >= 15 is 0 Å². The number of Topliss-reactive ketones (excluding diaryl/α,β-unsaturated/α-hetero) is 1. The summed E-state index contributed by atoms with van der Waals surface area (Å²) in [6.45, 7) is 1.89. The summed E-state index contributed by atoms with van der Waals surface area (Å²) in [5.74, 6) is 0.826. The van der Waals surface area contributed by atoms with Gasteiger partial charge in [0.05, 0.1) is 18.6 Å². The van der Waals surface area contributed by atoms with E-state index in [2.05, 4.69) is 15.2 Å². The van der Waals surface area contributed by atoms with Crippen LogP contribution in [0.4, 0.5) is 0 Å². The summed E-state index contributed by atoms with van der Waals surface area (Å²) in [4.78, 5) is 29.2. The molecule has 3 heterocycles. The number of aromatic nitrogens is 5. The van der Waals surface area contributed by atoms with E-state index in [1.54, 1.807) is 30.0 Å². The molecule has 5 aromatic rings. The van der Waals surface area contributed by atoms with Crippen molar-refractivity contribution in [3.8, 4) is 11.4 Å². The number of methoxy groups -OCH3 is 1. The first-order valence-corrected chi connectivity index (χ1v) is 10.9. The van der Waals surface area contributed by atoms with Crippen LogP contribution in [-0.4, -0.2) is 42.8 Å². The highest BCUT2D eigenvalue weighted by Gasteiger charge is 2.18. The summed E-state index contributed by atoms with van der Waals surface area (Å²) in [5, 5.41) is 9.60. The standard InChI is InChI=1S/C23H19N5O3S/c1-14-20(17-8-3-4-9-18(17)24-14)19(29)13-32-23-26-25-21-22(30)27(10-11-28(21)23)15-6-5-7-16(12-15)31-2/h3-12,24H,13H2,1-2H3. The van der Waals surface area contributed by atoms with Crippen molar-refractivity contribution in [1.29, 1.82) is 0 Å². The molecule has 0 atom stereocenters. The molecule has 5 rings (SSSR count). The molecule has 0 radical (unpaired) electrons. The summed E-state index contributed by atoms with van der Waals surface area (Å²) in [7, 11) is 1.58. The van der Waals surface area contributed by atoms with E-state index in [1.807, 2.05) is 49.4 Å². The second-order valence-electron chi connectivity index (χ2n) is 7.23. The predicted octanol–water partition coefficient (Wildman–Crippen LogP) is 3.65. The maximum absolute atomic E-state index is 13.0. The van der Waals surface area contributed by atoms with Gasteiger partial charge in [0.2, 0.25) is 5.65 Å². The SMILES string of the molecule is COc1cccc(-n2ccn3c(SCC(=O)c4c(C)[nH]c5ccccc45)nnc3c2=O)c1. The Morgan fingerprint density at radius 2 is 1.97 bits per heavy atom. The lowest BCUT2D eigenvalue weighted by Crippen LogP contribution is -2.20. The highest BCUT2D eigenvalue weighted by molar-refractivity contribution is 7.99. The smallest absolute Gasteiger partial charge is 0.300 e. The first kappa shape index (κ1) is 20.1. The minimum absolute atomic E-state index is 0.00794. The molecule has 160 valence electrons. The molecule has 9 heteroatoms. The van der Waals surface area contributed by atoms with Gasteiger partial charge in [0.1, 0.15) is 5.75 Å². The van der Waals surface area contributed by atoms with Crippen molar-refractivity contribution >= 4 is 34.1 Å². The minimum Gasteiger partial charge on any atom is -0.497 e. The van der Waals surface area contributed by atoms with Crippen molar-refractivity contribution in [3.05, 3.63) is 82.5 Å². The van der Waals surface area contributed by atoms with Crippen molar-refractivity contribution < 1.29 is 9.53 Å². The topological polar surface area (TPSA) is 94.3 Å². The molecule has 0 unspecified atom stereocenters. The van der Waals surface area contributed by atoms with Crippen molar-refractivity contribution in [2.45, 2.75) is 12.1 Å². The number of nitrogens with zero attached hydrogens (tertiary/aromatic N) is 4. The Labute approximate surface area is 186 Å². The van der Waals surface area contributed by atoms with Crippen LogP contribution in [0.5, 0.6) is 5.75 Å². The van der Waals surface area contributed by atoms with E-state index in [9.17, 15) is 9.59 Å². The summed E-state index contributed by atoms with van der Waals surface area (Å²) in [5.41, 5.74) is 3.00. The molecule has 0 aliphatic carbocycles. The molecule has 0 spiro atoms. The fourth-order valence-corrected chi connectivity index (χ4v) is 4.56. The lowest BCUT2D eigenvalue weighted by atomic mass is 10.1. The first-order valence-electron chi connectivity index (χ1n) is 9.91. The second-order valence-corrected chi connectivity index (χ2v) is 8.18. The van der Waals surface area contributed by atoms with Crippen LogP contribution in [0, 0.1) is 6.92 Å².